The maximum absolute atomic E-state index is 12.3. The van der Waals surface area contributed by atoms with Gasteiger partial charge in [0.2, 0.25) is 0 Å². The molecule has 2 atom stereocenters. The number of aliphatic carboxylic acids is 1. The van der Waals surface area contributed by atoms with Gasteiger partial charge >= 0.3 is 5.97 Å². The van der Waals surface area contributed by atoms with Gasteiger partial charge in [-0.05, 0) is 25.7 Å². The van der Waals surface area contributed by atoms with Gasteiger partial charge in [0, 0.05) is 17.3 Å². The number of carboxylic acids is 1. The molecule has 2 saturated carbocycles. The molecule has 5 nitrogen and oxygen atoms in total. The second-order valence-corrected chi connectivity index (χ2v) is 6.90. The average molecular weight is 308 g/mol. The van der Waals surface area contributed by atoms with Gasteiger partial charge < -0.3 is 10.4 Å². The highest BCUT2D eigenvalue weighted by Gasteiger charge is 2.32. The molecule has 2 N–H and O–H groups in total. The van der Waals surface area contributed by atoms with Gasteiger partial charge in [0.1, 0.15) is 5.69 Å². The fourth-order valence-electron chi connectivity index (χ4n) is 2.93. The molecule has 2 fully saturated rings. The topological polar surface area (TPSA) is 79.3 Å². The number of carbonyl (C=O) groups excluding carboxylic acids is 1. The summed E-state index contributed by atoms with van der Waals surface area (Å²) < 4.78 is 0. The Morgan fingerprint density at radius 3 is 2.67 bits per heavy atom. The summed E-state index contributed by atoms with van der Waals surface area (Å²) in [6, 6.07) is -0.274. The van der Waals surface area contributed by atoms with Gasteiger partial charge in [-0.1, -0.05) is 19.3 Å². The number of hydrogen-bond acceptors (Lipinski definition) is 4. The number of rotatable bonds is 4. The van der Waals surface area contributed by atoms with Gasteiger partial charge in [-0.25, -0.2) is 4.98 Å². The van der Waals surface area contributed by atoms with Crippen molar-refractivity contribution in [2.45, 2.75) is 56.9 Å². The second kappa shape index (κ2) is 6.13. The molecule has 0 unspecified atom stereocenters. The molecular weight excluding hydrogens is 288 g/mol. The maximum Gasteiger partial charge on any atom is 0.308 e. The third-order valence-corrected chi connectivity index (χ3v) is 5.34. The number of carbonyl (C=O) groups is 2. The number of carboxylic acid groups (broad SMARTS) is 1. The SMILES string of the molecule is O=C(N[C@@H]1CCCCC[C@@H]1C(=O)O)c1csc(C2CC2)n1. The Hall–Kier alpha value is -1.43. The fraction of sp³-hybridized carbons (Fsp3) is 0.667. The Balaban J connectivity index is 1.67. The van der Waals surface area contributed by atoms with Crippen LogP contribution in [0.3, 0.4) is 0 Å². The summed E-state index contributed by atoms with van der Waals surface area (Å²) >= 11 is 1.53. The molecule has 0 spiro atoms. The van der Waals surface area contributed by atoms with Crippen LogP contribution in [0.4, 0.5) is 0 Å². The van der Waals surface area contributed by atoms with Crippen molar-refractivity contribution in [1.29, 1.82) is 0 Å². The molecule has 1 aromatic rings. The normalized spacial score (nSPS) is 26.1. The molecule has 0 saturated heterocycles. The molecule has 21 heavy (non-hydrogen) atoms. The minimum absolute atomic E-state index is 0.226. The van der Waals surface area contributed by atoms with Crippen molar-refractivity contribution in [2.75, 3.05) is 0 Å². The van der Waals surface area contributed by atoms with E-state index in [0.29, 0.717) is 18.0 Å². The summed E-state index contributed by atoms with van der Waals surface area (Å²) in [4.78, 5) is 28.1. The van der Waals surface area contributed by atoms with Crippen LogP contribution in [-0.2, 0) is 4.79 Å². The van der Waals surface area contributed by atoms with E-state index in [1.165, 1.54) is 11.3 Å². The van der Waals surface area contributed by atoms with Crippen molar-refractivity contribution in [1.82, 2.24) is 10.3 Å². The molecule has 1 amide bonds. The van der Waals surface area contributed by atoms with Crippen LogP contribution in [0.25, 0.3) is 0 Å². The Bertz CT molecular complexity index is 539. The lowest BCUT2D eigenvalue weighted by atomic mass is 9.95. The first kappa shape index (κ1) is 14.5. The minimum Gasteiger partial charge on any atom is -0.481 e. The minimum atomic E-state index is -0.806. The highest BCUT2D eigenvalue weighted by atomic mass is 32.1. The predicted molar refractivity (Wildman–Crippen MR) is 79.6 cm³/mol. The molecule has 6 heteroatoms. The summed E-state index contributed by atoms with van der Waals surface area (Å²) in [7, 11) is 0. The first-order valence-electron chi connectivity index (χ1n) is 7.64. The fourth-order valence-corrected chi connectivity index (χ4v) is 3.90. The first-order chi connectivity index (χ1) is 10.1. The molecule has 0 bridgehead atoms. The van der Waals surface area contributed by atoms with Crippen LogP contribution >= 0.6 is 11.3 Å². The molecule has 2 aliphatic carbocycles. The van der Waals surface area contributed by atoms with Crippen molar-refractivity contribution < 1.29 is 14.7 Å². The molecule has 3 rings (SSSR count). The summed E-state index contributed by atoms with van der Waals surface area (Å²) in [6.45, 7) is 0. The lowest BCUT2D eigenvalue weighted by Crippen LogP contribution is -2.43. The zero-order chi connectivity index (χ0) is 14.8. The lowest BCUT2D eigenvalue weighted by Gasteiger charge is -2.22. The first-order valence-corrected chi connectivity index (χ1v) is 8.52. The van der Waals surface area contributed by atoms with Gasteiger partial charge in [-0.15, -0.1) is 11.3 Å². The van der Waals surface area contributed by atoms with Crippen molar-refractivity contribution in [2.24, 2.45) is 5.92 Å². The van der Waals surface area contributed by atoms with Crippen LogP contribution in [0.2, 0.25) is 0 Å². The highest BCUT2D eigenvalue weighted by Crippen LogP contribution is 2.41. The smallest absolute Gasteiger partial charge is 0.308 e. The van der Waals surface area contributed by atoms with Crippen LogP contribution in [0.5, 0.6) is 0 Å². The third-order valence-electron chi connectivity index (χ3n) is 4.33. The molecule has 0 radical (unpaired) electrons. The summed E-state index contributed by atoms with van der Waals surface area (Å²) in [5.74, 6) is -0.963. The molecule has 1 aromatic heterocycles. The number of nitrogens with one attached hydrogen (secondary N) is 1. The van der Waals surface area contributed by atoms with Crippen molar-refractivity contribution in [3.63, 3.8) is 0 Å². The van der Waals surface area contributed by atoms with Crippen LogP contribution in [-0.4, -0.2) is 28.0 Å². The molecular formula is C15H20N2O3S. The van der Waals surface area contributed by atoms with E-state index in [9.17, 15) is 14.7 Å². The summed E-state index contributed by atoms with van der Waals surface area (Å²) in [6.07, 6.45) is 6.65. The Kier molecular flexibility index (Phi) is 4.24. The Morgan fingerprint density at radius 1 is 1.19 bits per heavy atom. The van der Waals surface area contributed by atoms with Gasteiger partial charge in [0.25, 0.3) is 5.91 Å². The molecule has 0 aliphatic heterocycles. The quantitative estimate of drug-likeness (QED) is 0.838. The largest absolute Gasteiger partial charge is 0.481 e. The molecule has 1 heterocycles. The van der Waals surface area contributed by atoms with E-state index in [2.05, 4.69) is 10.3 Å². The van der Waals surface area contributed by atoms with Gasteiger partial charge in [0.05, 0.1) is 10.9 Å². The zero-order valence-electron chi connectivity index (χ0n) is 11.9. The van der Waals surface area contributed by atoms with Gasteiger partial charge in [-0.2, -0.15) is 0 Å². The maximum atomic E-state index is 12.3. The molecule has 0 aromatic carbocycles. The van der Waals surface area contributed by atoms with Crippen LogP contribution in [0.15, 0.2) is 5.38 Å². The average Bonchev–Trinajstić information content (AvgIpc) is 3.22. The van der Waals surface area contributed by atoms with E-state index in [1.807, 2.05) is 0 Å². The monoisotopic (exact) mass is 308 g/mol. The van der Waals surface area contributed by atoms with Crippen molar-refractivity contribution in [3.8, 4) is 0 Å². The van der Waals surface area contributed by atoms with Crippen LogP contribution in [0, 0.1) is 5.92 Å². The number of thiazole rings is 1. The van der Waals surface area contributed by atoms with E-state index in [1.54, 1.807) is 5.38 Å². The second-order valence-electron chi connectivity index (χ2n) is 6.01. The van der Waals surface area contributed by atoms with Crippen LogP contribution in [0.1, 0.15) is 66.4 Å². The van der Waals surface area contributed by atoms with Gasteiger partial charge in [0.15, 0.2) is 0 Å². The Labute approximate surface area is 127 Å². The van der Waals surface area contributed by atoms with Crippen LogP contribution < -0.4 is 5.32 Å². The van der Waals surface area contributed by atoms with E-state index in [-0.39, 0.29) is 11.9 Å². The molecule has 2 aliphatic rings. The predicted octanol–water partition coefficient (Wildman–Crippen LogP) is 2.78. The molecule has 114 valence electrons. The number of hydrogen-bond donors (Lipinski definition) is 2. The highest BCUT2D eigenvalue weighted by molar-refractivity contribution is 7.10. The van der Waals surface area contributed by atoms with Gasteiger partial charge in [-0.3, -0.25) is 9.59 Å². The van der Waals surface area contributed by atoms with E-state index < -0.39 is 11.9 Å². The summed E-state index contributed by atoms with van der Waals surface area (Å²) in [5.41, 5.74) is 0.440. The lowest BCUT2D eigenvalue weighted by molar-refractivity contribution is -0.142. The Morgan fingerprint density at radius 2 is 1.95 bits per heavy atom. The zero-order valence-corrected chi connectivity index (χ0v) is 12.7. The number of nitrogens with zero attached hydrogens (tertiary/aromatic N) is 1. The van der Waals surface area contributed by atoms with Crippen molar-refractivity contribution in [3.05, 3.63) is 16.1 Å². The van der Waals surface area contributed by atoms with Crippen molar-refractivity contribution >= 4 is 23.2 Å². The number of aromatic nitrogens is 1. The third kappa shape index (κ3) is 3.43. The van der Waals surface area contributed by atoms with E-state index >= 15 is 0 Å². The number of amides is 1. The van der Waals surface area contributed by atoms with E-state index in [4.69, 9.17) is 0 Å². The standard InChI is InChI=1S/C15H20N2O3S/c18-13(12-8-21-14(17-12)9-6-7-9)16-11-5-3-1-2-4-10(11)15(19)20/h8-11H,1-7H2,(H,16,18)(H,19,20)/t10-,11+/m0/s1. The summed E-state index contributed by atoms with van der Waals surface area (Å²) in [5, 5.41) is 15.1. The van der Waals surface area contributed by atoms with E-state index in [0.717, 1.165) is 43.5 Å².